The van der Waals surface area contributed by atoms with Crippen molar-refractivity contribution in [3.63, 3.8) is 0 Å². The zero-order chi connectivity index (χ0) is 21.4. The van der Waals surface area contributed by atoms with E-state index in [1.54, 1.807) is 0 Å². The van der Waals surface area contributed by atoms with Crippen LogP contribution in [-0.2, 0) is 11.2 Å². The van der Waals surface area contributed by atoms with Gasteiger partial charge in [-0.3, -0.25) is 14.7 Å². The predicted molar refractivity (Wildman–Crippen MR) is 114 cm³/mol. The molecule has 0 aliphatic carbocycles. The largest absolute Gasteiger partial charge is 0.491 e. The van der Waals surface area contributed by atoms with Gasteiger partial charge in [0.15, 0.2) is 16.9 Å². The first kappa shape index (κ1) is 22.3. The number of unbranched alkanes of at least 4 members (excludes halogenated alkanes) is 1. The van der Waals surface area contributed by atoms with Gasteiger partial charge in [-0.05, 0) is 37.0 Å². The van der Waals surface area contributed by atoms with Crippen LogP contribution in [0.2, 0.25) is 0 Å². The summed E-state index contributed by atoms with van der Waals surface area (Å²) in [7, 11) is 0. The number of halogens is 1. The van der Waals surface area contributed by atoms with Gasteiger partial charge < -0.3 is 33.4 Å². The predicted octanol–water partition coefficient (Wildman–Crippen LogP) is -0.488. The third-order valence-electron chi connectivity index (χ3n) is 4.17. The van der Waals surface area contributed by atoms with Gasteiger partial charge in [-0.25, -0.2) is 4.99 Å². The SMILES string of the molecule is NC(=O)[C@@H](N)COc1ccc(CCCCN=C(N)N2CC(N)=NC(N)=C2Cl)cc1. The van der Waals surface area contributed by atoms with Crippen molar-refractivity contribution in [1.82, 2.24) is 4.90 Å². The van der Waals surface area contributed by atoms with E-state index in [9.17, 15) is 4.79 Å². The smallest absolute Gasteiger partial charge is 0.237 e. The van der Waals surface area contributed by atoms with E-state index in [0.717, 1.165) is 24.8 Å². The van der Waals surface area contributed by atoms with Crippen LogP contribution in [0.4, 0.5) is 0 Å². The zero-order valence-corrected chi connectivity index (χ0v) is 16.8. The number of amidine groups is 1. The molecular weight excluding hydrogens is 396 g/mol. The molecular formula is C18H27ClN8O2. The summed E-state index contributed by atoms with van der Waals surface area (Å²) < 4.78 is 5.43. The first-order valence-corrected chi connectivity index (χ1v) is 9.48. The molecule has 0 spiro atoms. The molecule has 2 rings (SSSR count). The Morgan fingerprint density at radius 1 is 1.24 bits per heavy atom. The number of amides is 1. The lowest BCUT2D eigenvalue weighted by atomic mass is 10.1. The monoisotopic (exact) mass is 422 g/mol. The average molecular weight is 423 g/mol. The topological polar surface area (TPSA) is 184 Å². The number of hydrogen-bond acceptors (Lipinski definition) is 7. The molecule has 0 bridgehead atoms. The summed E-state index contributed by atoms with van der Waals surface area (Å²) in [6.07, 6.45) is 2.66. The highest BCUT2D eigenvalue weighted by Gasteiger charge is 2.20. The highest BCUT2D eigenvalue weighted by molar-refractivity contribution is 6.31. The van der Waals surface area contributed by atoms with Crippen molar-refractivity contribution in [2.24, 2.45) is 38.7 Å². The van der Waals surface area contributed by atoms with Crippen LogP contribution in [0.15, 0.2) is 45.2 Å². The van der Waals surface area contributed by atoms with E-state index < -0.39 is 11.9 Å². The summed E-state index contributed by atoms with van der Waals surface area (Å²) in [4.78, 5) is 20.7. The van der Waals surface area contributed by atoms with E-state index in [-0.39, 0.29) is 30.1 Å². The number of nitrogens with zero attached hydrogens (tertiary/aromatic N) is 3. The molecule has 0 radical (unpaired) electrons. The number of rotatable bonds is 9. The fourth-order valence-corrected chi connectivity index (χ4v) is 2.72. The van der Waals surface area contributed by atoms with Gasteiger partial charge in [-0.2, -0.15) is 0 Å². The van der Waals surface area contributed by atoms with E-state index in [0.29, 0.717) is 18.1 Å². The van der Waals surface area contributed by atoms with Crippen LogP contribution in [0.3, 0.4) is 0 Å². The Labute approximate surface area is 174 Å². The van der Waals surface area contributed by atoms with Crippen molar-refractivity contribution in [2.45, 2.75) is 25.3 Å². The summed E-state index contributed by atoms with van der Waals surface area (Å²) in [5.74, 6) is 0.748. The number of aryl methyl sites for hydroxylation is 1. The third-order valence-corrected chi connectivity index (χ3v) is 4.57. The normalized spacial score (nSPS) is 15.9. The number of carbonyl (C=O) groups excluding carboxylic acids is 1. The van der Waals surface area contributed by atoms with Crippen molar-refractivity contribution < 1.29 is 9.53 Å². The molecule has 0 saturated carbocycles. The van der Waals surface area contributed by atoms with Crippen LogP contribution < -0.4 is 33.4 Å². The van der Waals surface area contributed by atoms with Gasteiger partial charge in [0, 0.05) is 6.54 Å². The molecule has 0 aromatic heterocycles. The van der Waals surface area contributed by atoms with E-state index in [1.165, 1.54) is 4.90 Å². The average Bonchev–Trinajstić information content (AvgIpc) is 2.69. The summed E-state index contributed by atoms with van der Waals surface area (Å²) in [5.41, 5.74) is 29.2. The third kappa shape index (κ3) is 6.84. The number of nitrogens with two attached hydrogens (primary N) is 5. The van der Waals surface area contributed by atoms with Crippen molar-refractivity contribution in [2.75, 3.05) is 19.7 Å². The number of aliphatic imine (C=N–C) groups is 2. The quantitative estimate of drug-likeness (QED) is 0.154. The minimum absolute atomic E-state index is 0.0491. The fourth-order valence-electron chi connectivity index (χ4n) is 2.53. The van der Waals surface area contributed by atoms with Crippen molar-refractivity contribution in [3.8, 4) is 5.75 Å². The molecule has 1 amide bonds. The van der Waals surface area contributed by atoms with E-state index in [2.05, 4.69) is 9.98 Å². The number of primary amides is 1. The van der Waals surface area contributed by atoms with Gasteiger partial charge in [0.1, 0.15) is 24.2 Å². The highest BCUT2D eigenvalue weighted by Crippen LogP contribution is 2.17. The lowest BCUT2D eigenvalue weighted by Gasteiger charge is -2.25. The summed E-state index contributed by atoms with van der Waals surface area (Å²) in [6.45, 7) is 0.858. The number of ether oxygens (including phenoxy) is 1. The number of hydrogen-bond donors (Lipinski definition) is 5. The first-order valence-electron chi connectivity index (χ1n) is 9.10. The Bertz CT molecular complexity index is 807. The minimum atomic E-state index is -0.821. The highest BCUT2D eigenvalue weighted by atomic mass is 35.5. The van der Waals surface area contributed by atoms with Gasteiger partial charge in [0.05, 0.1) is 6.54 Å². The van der Waals surface area contributed by atoms with E-state index in [1.807, 2.05) is 24.3 Å². The maximum absolute atomic E-state index is 10.9. The molecule has 0 fully saturated rings. The Balaban J connectivity index is 1.73. The van der Waals surface area contributed by atoms with Gasteiger partial charge in [-0.1, -0.05) is 23.7 Å². The Morgan fingerprint density at radius 3 is 2.59 bits per heavy atom. The van der Waals surface area contributed by atoms with Gasteiger partial charge >= 0.3 is 0 Å². The van der Waals surface area contributed by atoms with Crippen LogP contribution in [0.5, 0.6) is 5.75 Å². The van der Waals surface area contributed by atoms with Gasteiger partial charge in [0.2, 0.25) is 5.91 Å². The number of guanidine groups is 1. The van der Waals surface area contributed by atoms with Crippen LogP contribution in [0.1, 0.15) is 18.4 Å². The second-order valence-corrected chi connectivity index (χ2v) is 6.88. The Morgan fingerprint density at radius 2 is 1.93 bits per heavy atom. The molecule has 1 aromatic carbocycles. The fraction of sp³-hybridized carbons (Fsp3) is 0.389. The van der Waals surface area contributed by atoms with Crippen molar-refractivity contribution in [1.29, 1.82) is 0 Å². The molecule has 1 aromatic rings. The van der Waals surface area contributed by atoms with E-state index >= 15 is 0 Å². The van der Waals surface area contributed by atoms with Crippen molar-refractivity contribution >= 4 is 29.3 Å². The molecule has 0 saturated heterocycles. The molecule has 1 aliphatic heterocycles. The molecule has 29 heavy (non-hydrogen) atoms. The number of carbonyl (C=O) groups is 1. The molecule has 1 atom stereocenters. The van der Waals surface area contributed by atoms with Crippen molar-refractivity contribution in [3.05, 3.63) is 40.8 Å². The summed E-state index contributed by atoms with van der Waals surface area (Å²) >= 11 is 6.10. The van der Waals surface area contributed by atoms with E-state index in [4.69, 9.17) is 45.0 Å². The molecule has 1 heterocycles. The van der Waals surface area contributed by atoms with Crippen LogP contribution in [0.25, 0.3) is 0 Å². The first-order chi connectivity index (χ1) is 13.8. The molecule has 11 heteroatoms. The molecule has 10 nitrogen and oxygen atoms in total. The second kappa shape index (κ2) is 10.5. The van der Waals surface area contributed by atoms with Crippen LogP contribution in [0, 0.1) is 0 Å². The maximum Gasteiger partial charge on any atom is 0.237 e. The van der Waals surface area contributed by atoms with Crippen LogP contribution >= 0.6 is 11.6 Å². The van der Waals surface area contributed by atoms with Gasteiger partial charge in [0.25, 0.3) is 0 Å². The van der Waals surface area contributed by atoms with Crippen LogP contribution in [-0.4, -0.2) is 48.3 Å². The standard InChI is InChI=1S/C18H27ClN8O2/c19-15-16(22)26-14(21)9-27(15)18(24)25-8-2-1-3-11-4-6-12(7-5-11)29-10-13(20)17(23)28/h4-7,13H,1-3,8-10,20,22H2,(H2,21,26)(H2,23,28)(H2,24,25)/t13-/m0/s1. The maximum atomic E-state index is 10.9. The minimum Gasteiger partial charge on any atom is -0.491 e. The Kier molecular flexibility index (Phi) is 8.10. The molecule has 0 unspecified atom stereocenters. The Hall–Kier alpha value is -2.98. The second-order valence-electron chi connectivity index (χ2n) is 6.53. The lowest BCUT2D eigenvalue weighted by Crippen LogP contribution is -2.44. The molecule has 158 valence electrons. The summed E-state index contributed by atoms with van der Waals surface area (Å²) in [6, 6.07) is 6.77. The molecule has 10 N–H and O–H groups in total. The number of benzene rings is 1. The zero-order valence-electron chi connectivity index (χ0n) is 16.1. The van der Waals surface area contributed by atoms with Gasteiger partial charge in [-0.15, -0.1) is 0 Å². The summed E-state index contributed by atoms with van der Waals surface area (Å²) in [5, 5.41) is 0.222. The molecule has 1 aliphatic rings. The lowest BCUT2D eigenvalue weighted by molar-refractivity contribution is -0.119.